The summed E-state index contributed by atoms with van der Waals surface area (Å²) in [4.78, 5) is 14.1. The second-order valence-electron chi connectivity index (χ2n) is 5.58. The van der Waals surface area contributed by atoms with Gasteiger partial charge in [-0.05, 0) is 39.7 Å². The molecule has 0 radical (unpaired) electrons. The Morgan fingerprint density at radius 2 is 2.18 bits per heavy atom. The summed E-state index contributed by atoms with van der Waals surface area (Å²) in [5.41, 5.74) is 0. The third kappa shape index (κ3) is 3.25. The molecule has 0 bridgehead atoms. The highest BCUT2D eigenvalue weighted by Gasteiger charge is 2.21. The van der Waals surface area contributed by atoms with Crippen LogP contribution in [0.2, 0.25) is 0 Å². The second-order valence-corrected chi connectivity index (χ2v) is 6.38. The predicted octanol–water partition coefficient (Wildman–Crippen LogP) is 2.80. The number of halogens is 1. The Morgan fingerprint density at radius 3 is 3.00 bits per heavy atom. The first-order valence-corrected chi connectivity index (χ1v) is 8.25. The third-order valence-corrected chi connectivity index (χ3v) is 4.72. The van der Waals surface area contributed by atoms with Crippen molar-refractivity contribution in [1.29, 1.82) is 0 Å². The maximum atomic E-state index is 12.2. The summed E-state index contributed by atoms with van der Waals surface area (Å²) in [7, 11) is 0. The van der Waals surface area contributed by atoms with E-state index < -0.39 is 0 Å². The van der Waals surface area contributed by atoms with Crippen LogP contribution in [0.5, 0.6) is 5.75 Å². The predicted molar refractivity (Wildman–Crippen MR) is 91.2 cm³/mol. The summed E-state index contributed by atoms with van der Waals surface area (Å²) in [6, 6.07) is 12.3. The summed E-state index contributed by atoms with van der Waals surface area (Å²) >= 11 is 3.58. The minimum Gasteiger partial charge on any atom is -0.483 e. The van der Waals surface area contributed by atoms with Crippen LogP contribution in [0.25, 0.3) is 10.8 Å². The molecule has 0 saturated carbocycles. The standard InChI is InChI=1S/C17H19BrN2O2/c1-12-10-20(9-8-19-12)16(21)11-22-15-7-6-13-4-2-3-5-14(13)17(15)18/h2-7,12,19H,8-11H2,1H3/t12-/m1/s1. The number of hydrogen-bond donors (Lipinski definition) is 1. The van der Waals surface area contributed by atoms with Crippen LogP contribution in [0.3, 0.4) is 0 Å². The van der Waals surface area contributed by atoms with E-state index in [1.54, 1.807) is 0 Å². The minimum absolute atomic E-state index is 0.0356. The molecule has 1 aliphatic rings. The first-order chi connectivity index (χ1) is 10.6. The lowest BCUT2D eigenvalue weighted by Crippen LogP contribution is -2.52. The molecule has 1 atom stereocenters. The fourth-order valence-corrected chi connectivity index (χ4v) is 3.32. The van der Waals surface area contributed by atoms with Crippen LogP contribution in [-0.2, 0) is 4.79 Å². The van der Waals surface area contributed by atoms with Gasteiger partial charge in [-0.2, -0.15) is 0 Å². The van der Waals surface area contributed by atoms with Gasteiger partial charge in [0, 0.05) is 25.7 Å². The lowest BCUT2D eigenvalue weighted by atomic mass is 10.1. The van der Waals surface area contributed by atoms with Gasteiger partial charge >= 0.3 is 0 Å². The van der Waals surface area contributed by atoms with Crippen LogP contribution in [0.15, 0.2) is 40.9 Å². The summed E-state index contributed by atoms with van der Waals surface area (Å²) < 4.78 is 6.63. The van der Waals surface area contributed by atoms with Crippen molar-refractivity contribution >= 4 is 32.6 Å². The van der Waals surface area contributed by atoms with Gasteiger partial charge in [0.05, 0.1) is 4.47 Å². The molecule has 1 heterocycles. The van der Waals surface area contributed by atoms with Crippen molar-refractivity contribution in [3.8, 4) is 5.75 Å². The number of benzene rings is 2. The lowest BCUT2D eigenvalue weighted by molar-refractivity contribution is -0.134. The van der Waals surface area contributed by atoms with E-state index in [9.17, 15) is 4.79 Å². The van der Waals surface area contributed by atoms with E-state index in [2.05, 4.69) is 34.2 Å². The Bertz CT molecular complexity index is 689. The highest BCUT2D eigenvalue weighted by atomic mass is 79.9. The minimum atomic E-state index is 0.0356. The molecule has 0 spiro atoms. The van der Waals surface area contributed by atoms with Crippen molar-refractivity contribution in [2.24, 2.45) is 0 Å². The van der Waals surface area contributed by atoms with Crippen LogP contribution < -0.4 is 10.1 Å². The van der Waals surface area contributed by atoms with Crippen LogP contribution in [0, 0.1) is 0 Å². The molecule has 2 aromatic carbocycles. The molecule has 1 N–H and O–H groups in total. The van der Waals surface area contributed by atoms with Gasteiger partial charge in [-0.1, -0.05) is 30.3 Å². The highest BCUT2D eigenvalue weighted by molar-refractivity contribution is 9.10. The maximum absolute atomic E-state index is 12.2. The number of carbonyl (C=O) groups excluding carboxylic acids is 1. The second kappa shape index (κ2) is 6.67. The van der Waals surface area contributed by atoms with Crippen molar-refractivity contribution in [3.05, 3.63) is 40.9 Å². The Kier molecular flexibility index (Phi) is 4.64. The van der Waals surface area contributed by atoms with Gasteiger partial charge in [-0.15, -0.1) is 0 Å². The molecule has 1 aliphatic heterocycles. The zero-order valence-electron chi connectivity index (χ0n) is 12.5. The molecule has 0 unspecified atom stereocenters. The van der Waals surface area contributed by atoms with Gasteiger partial charge in [0.2, 0.25) is 0 Å². The number of ether oxygens (including phenoxy) is 1. The molecular formula is C17H19BrN2O2. The number of rotatable bonds is 3. The zero-order chi connectivity index (χ0) is 15.5. The molecule has 2 aromatic rings. The third-order valence-electron chi connectivity index (χ3n) is 3.90. The van der Waals surface area contributed by atoms with E-state index >= 15 is 0 Å². The topological polar surface area (TPSA) is 41.6 Å². The van der Waals surface area contributed by atoms with E-state index in [1.807, 2.05) is 35.2 Å². The van der Waals surface area contributed by atoms with E-state index in [-0.39, 0.29) is 12.5 Å². The monoisotopic (exact) mass is 362 g/mol. The number of nitrogens with one attached hydrogen (secondary N) is 1. The number of nitrogens with zero attached hydrogens (tertiary/aromatic N) is 1. The number of piperazine rings is 1. The molecule has 0 aliphatic carbocycles. The molecule has 1 amide bonds. The molecule has 22 heavy (non-hydrogen) atoms. The van der Waals surface area contributed by atoms with Gasteiger partial charge in [0.15, 0.2) is 6.61 Å². The Morgan fingerprint density at radius 1 is 1.36 bits per heavy atom. The van der Waals surface area contributed by atoms with Gasteiger partial charge in [0.1, 0.15) is 5.75 Å². The fourth-order valence-electron chi connectivity index (χ4n) is 2.71. The molecule has 1 saturated heterocycles. The first kappa shape index (κ1) is 15.3. The maximum Gasteiger partial charge on any atom is 0.260 e. The average molecular weight is 363 g/mol. The number of fused-ring (bicyclic) bond motifs is 1. The first-order valence-electron chi connectivity index (χ1n) is 7.46. The summed E-state index contributed by atoms with van der Waals surface area (Å²) in [5.74, 6) is 0.739. The van der Waals surface area contributed by atoms with Gasteiger partial charge < -0.3 is 15.0 Å². The summed E-state index contributed by atoms with van der Waals surface area (Å²) in [5, 5.41) is 5.56. The quantitative estimate of drug-likeness (QED) is 0.912. The molecule has 5 heteroatoms. The number of hydrogen-bond acceptors (Lipinski definition) is 3. The Balaban J connectivity index is 1.68. The van der Waals surface area contributed by atoms with Crippen molar-refractivity contribution < 1.29 is 9.53 Å². The SMILES string of the molecule is C[C@@H]1CN(C(=O)COc2ccc3ccccc3c2Br)CCN1. The highest BCUT2D eigenvalue weighted by Crippen LogP contribution is 2.33. The van der Waals surface area contributed by atoms with E-state index in [1.165, 1.54) is 0 Å². The molecule has 0 aromatic heterocycles. The number of amides is 1. The van der Waals surface area contributed by atoms with Crippen LogP contribution in [0.1, 0.15) is 6.92 Å². The van der Waals surface area contributed by atoms with Gasteiger partial charge in [0.25, 0.3) is 5.91 Å². The Hall–Kier alpha value is -1.59. The molecule has 116 valence electrons. The van der Waals surface area contributed by atoms with Crippen molar-refractivity contribution in [1.82, 2.24) is 10.2 Å². The largest absolute Gasteiger partial charge is 0.483 e. The summed E-state index contributed by atoms with van der Waals surface area (Å²) in [6.07, 6.45) is 0. The van der Waals surface area contributed by atoms with Crippen LogP contribution in [-0.4, -0.2) is 43.1 Å². The van der Waals surface area contributed by atoms with Crippen LogP contribution in [0.4, 0.5) is 0 Å². The van der Waals surface area contributed by atoms with Crippen molar-refractivity contribution in [2.75, 3.05) is 26.2 Å². The summed E-state index contributed by atoms with van der Waals surface area (Å²) in [6.45, 7) is 4.48. The molecule has 4 nitrogen and oxygen atoms in total. The number of carbonyl (C=O) groups is 1. The molecule has 3 rings (SSSR count). The normalized spacial score (nSPS) is 18.5. The Labute approximate surface area is 138 Å². The van der Waals surface area contributed by atoms with Gasteiger partial charge in [-0.3, -0.25) is 4.79 Å². The average Bonchev–Trinajstić information content (AvgIpc) is 2.54. The molecule has 1 fully saturated rings. The zero-order valence-corrected chi connectivity index (χ0v) is 14.1. The fraction of sp³-hybridized carbons (Fsp3) is 0.353. The van der Waals surface area contributed by atoms with Crippen LogP contribution >= 0.6 is 15.9 Å². The lowest BCUT2D eigenvalue weighted by Gasteiger charge is -2.31. The van der Waals surface area contributed by atoms with E-state index in [4.69, 9.17) is 4.74 Å². The molecular weight excluding hydrogens is 344 g/mol. The smallest absolute Gasteiger partial charge is 0.260 e. The van der Waals surface area contributed by atoms with Gasteiger partial charge in [-0.25, -0.2) is 0 Å². The van der Waals surface area contributed by atoms with Crippen molar-refractivity contribution in [2.45, 2.75) is 13.0 Å². The van der Waals surface area contributed by atoms with Crippen molar-refractivity contribution in [3.63, 3.8) is 0 Å². The van der Waals surface area contributed by atoms with E-state index in [0.29, 0.717) is 11.8 Å². The van der Waals surface area contributed by atoms with E-state index in [0.717, 1.165) is 34.9 Å².